The monoisotopic (exact) mass is 463 g/mol. The van der Waals surface area contributed by atoms with Gasteiger partial charge in [-0.25, -0.2) is 15.0 Å². The van der Waals surface area contributed by atoms with Gasteiger partial charge in [0.2, 0.25) is 0 Å². The third kappa shape index (κ3) is 3.81. The van der Waals surface area contributed by atoms with Crippen LogP contribution in [0.25, 0.3) is 11.2 Å². The number of nitrogens with one attached hydrogen (secondary N) is 1. The van der Waals surface area contributed by atoms with Gasteiger partial charge in [-0.3, -0.25) is 4.57 Å². The molecular formula is C24H25N5O5. The number of ether oxygens (including phenoxy) is 1. The van der Waals surface area contributed by atoms with Crippen molar-refractivity contribution in [3.63, 3.8) is 0 Å². The highest BCUT2D eigenvalue weighted by Crippen LogP contribution is 2.33. The maximum atomic E-state index is 11.7. The van der Waals surface area contributed by atoms with E-state index in [-0.39, 0.29) is 6.54 Å². The Morgan fingerprint density at radius 3 is 2.15 bits per heavy atom. The van der Waals surface area contributed by atoms with Gasteiger partial charge >= 0.3 is 0 Å². The lowest BCUT2D eigenvalue weighted by atomic mass is 9.86. The first-order chi connectivity index (χ1) is 16.5. The van der Waals surface area contributed by atoms with Crippen molar-refractivity contribution in [2.45, 2.75) is 30.1 Å². The van der Waals surface area contributed by atoms with E-state index >= 15 is 0 Å². The Kier molecular flexibility index (Phi) is 5.98. The fraction of sp³-hybridized carbons (Fsp3) is 0.292. The van der Waals surface area contributed by atoms with Gasteiger partial charge in [0.15, 0.2) is 23.2 Å². The van der Waals surface area contributed by atoms with Crippen molar-refractivity contribution < 1.29 is 25.2 Å². The molecule has 4 atom stereocenters. The van der Waals surface area contributed by atoms with Crippen molar-refractivity contribution in [3.8, 4) is 0 Å². The summed E-state index contributed by atoms with van der Waals surface area (Å²) >= 11 is 0. The summed E-state index contributed by atoms with van der Waals surface area (Å²) in [6, 6.07) is 18.7. The van der Waals surface area contributed by atoms with Crippen molar-refractivity contribution in [2.75, 3.05) is 18.5 Å². The summed E-state index contributed by atoms with van der Waals surface area (Å²) < 4.78 is 7.10. The van der Waals surface area contributed by atoms with E-state index in [0.29, 0.717) is 17.0 Å². The second-order valence-electron chi connectivity index (χ2n) is 8.22. The maximum absolute atomic E-state index is 11.7. The predicted molar refractivity (Wildman–Crippen MR) is 123 cm³/mol. The van der Waals surface area contributed by atoms with Crippen LogP contribution in [-0.2, 0) is 10.3 Å². The zero-order valence-corrected chi connectivity index (χ0v) is 18.1. The zero-order valence-electron chi connectivity index (χ0n) is 18.1. The number of anilines is 1. The lowest BCUT2D eigenvalue weighted by Crippen LogP contribution is -2.35. The Balaban J connectivity index is 1.46. The topological polar surface area (TPSA) is 146 Å². The van der Waals surface area contributed by atoms with Crippen LogP contribution < -0.4 is 5.32 Å². The number of rotatable bonds is 7. The average molecular weight is 463 g/mol. The molecule has 4 aromatic rings. The van der Waals surface area contributed by atoms with Crippen molar-refractivity contribution >= 4 is 17.0 Å². The smallest absolute Gasteiger partial charge is 0.167 e. The number of fused-ring (bicyclic) bond motifs is 1. The first-order valence-corrected chi connectivity index (χ1v) is 10.9. The molecular weight excluding hydrogens is 438 g/mol. The normalized spacial score (nSPS) is 22.8. The lowest BCUT2D eigenvalue weighted by molar-refractivity contribution is -0.0511. The molecule has 5 N–H and O–H groups in total. The minimum Gasteiger partial charge on any atom is -0.394 e. The van der Waals surface area contributed by atoms with Crippen LogP contribution in [0.15, 0.2) is 73.3 Å². The molecule has 1 aliphatic rings. The molecule has 1 saturated heterocycles. The highest BCUT2D eigenvalue weighted by molar-refractivity contribution is 5.82. The van der Waals surface area contributed by atoms with Gasteiger partial charge in [-0.2, -0.15) is 0 Å². The molecule has 1 fully saturated rings. The van der Waals surface area contributed by atoms with E-state index in [4.69, 9.17) is 4.74 Å². The van der Waals surface area contributed by atoms with Crippen LogP contribution >= 0.6 is 0 Å². The van der Waals surface area contributed by atoms with Gasteiger partial charge in [-0.1, -0.05) is 60.7 Å². The Bertz CT molecular complexity index is 1210. The molecule has 176 valence electrons. The minimum absolute atomic E-state index is 0.105. The average Bonchev–Trinajstić information content (AvgIpc) is 3.44. The van der Waals surface area contributed by atoms with E-state index in [9.17, 15) is 20.4 Å². The van der Waals surface area contributed by atoms with E-state index in [2.05, 4.69) is 20.3 Å². The largest absolute Gasteiger partial charge is 0.394 e. The number of hydrogen-bond acceptors (Lipinski definition) is 9. The summed E-state index contributed by atoms with van der Waals surface area (Å²) in [5.74, 6) is 0.390. The van der Waals surface area contributed by atoms with Crippen LogP contribution in [0.5, 0.6) is 0 Å². The van der Waals surface area contributed by atoms with E-state index < -0.39 is 36.7 Å². The third-order valence-corrected chi connectivity index (χ3v) is 6.16. The Morgan fingerprint density at radius 1 is 0.912 bits per heavy atom. The molecule has 5 rings (SSSR count). The molecule has 1 aliphatic heterocycles. The lowest BCUT2D eigenvalue weighted by Gasteiger charge is -2.30. The molecule has 2 aromatic carbocycles. The Hall–Kier alpha value is -3.41. The fourth-order valence-electron chi connectivity index (χ4n) is 4.29. The molecule has 0 bridgehead atoms. The van der Waals surface area contributed by atoms with Crippen LogP contribution in [-0.4, -0.2) is 71.4 Å². The standard InChI is InChI=1S/C24H25N5O5/c30-11-17-19(31)20(32)23(34-17)29-14-28-18-21(26-13-27-22(18)29)25-12-24(33,15-7-3-1-4-8-15)16-9-5-2-6-10-16/h1-10,13-14,17,19-20,23,30-33H,11-12H2,(H,25,26,27)/t17-,19?,20?,23-/m1/s1. The van der Waals surface area contributed by atoms with Crippen molar-refractivity contribution in [1.29, 1.82) is 0 Å². The predicted octanol–water partition coefficient (Wildman–Crippen LogP) is 0.786. The number of aliphatic hydroxyl groups excluding tert-OH is 3. The van der Waals surface area contributed by atoms with Crippen molar-refractivity contribution in [2.24, 2.45) is 0 Å². The first kappa shape index (κ1) is 22.4. The molecule has 0 spiro atoms. The molecule has 10 nitrogen and oxygen atoms in total. The summed E-state index contributed by atoms with van der Waals surface area (Å²) in [7, 11) is 0. The molecule has 3 heterocycles. The number of aliphatic hydroxyl groups is 4. The Morgan fingerprint density at radius 2 is 1.56 bits per heavy atom. The fourth-order valence-corrected chi connectivity index (χ4v) is 4.29. The van der Waals surface area contributed by atoms with Gasteiger partial charge in [0.25, 0.3) is 0 Å². The highest BCUT2D eigenvalue weighted by atomic mass is 16.6. The molecule has 10 heteroatoms. The van der Waals surface area contributed by atoms with Crippen molar-refractivity contribution in [3.05, 3.63) is 84.4 Å². The van der Waals surface area contributed by atoms with Crippen LogP contribution in [0, 0.1) is 0 Å². The van der Waals surface area contributed by atoms with Gasteiger partial charge in [-0.15, -0.1) is 0 Å². The van der Waals surface area contributed by atoms with Gasteiger partial charge in [0.05, 0.1) is 19.5 Å². The maximum Gasteiger partial charge on any atom is 0.167 e. The third-order valence-electron chi connectivity index (χ3n) is 6.16. The summed E-state index contributed by atoms with van der Waals surface area (Å²) in [5.41, 5.74) is 0.872. The van der Waals surface area contributed by atoms with Gasteiger partial charge < -0.3 is 30.5 Å². The number of aromatic nitrogens is 4. The number of benzene rings is 2. The second-order valence-corrected chi connectivity index (χ2v) is 8.22. The highest BCUT2D eigenvalue weighted by Gasteiger charge is 2.44. The van der Waals surface area contributed by atoms with E-state index in [1.165, 1.54) is 17.2 Å². The molecule has 0 radical (unpaired) electrons. The Labute approximate surface area is 195 Å². The van der Waals surface area contributed by atoms with Crippen LogP contribution in [0.4, 0.5) is 5.82 Å². The summed E-state index contributed by atoms with van der Waals surface area (Å²) in [5, 5.41) is 44.8. The SMILES string of the molecule is OC[C@H]1O[C@@H](n2cnc3c(NCC(O)(c4ccccc4)c4ccccc4)ncnc32)C(O)C1O. The summed E-state index contributed by atoms with van der Waals surface area (Å²) in [4.78, 5) is 12.9. The van der Waals surface area contributed by atoms with Crippen LogP contribution in [0.3, 0.4) is 0 Å². The van der Waals surface area contributed by atoms with Crippen molar-refractivity contribution in [1.82, 2.24) is 19.5 Å². The molecule has 0 amide bonds. The first-order valence-electron chi connectivity index (χ1n) is 10.9. The molecule has 2 unspecified atom stereocenters. The van der Waals surface area contributed by atoms with E-state index in [1.807, 2.05) is 60.7 Å². The van der Waals surface area contributed by atoms with Gasteiger partial charge in [0.1, 0.15) is 30.2 Å². The summed E-state index contributed by atoms with van der Waals surface area (Å²) in [6.07, 6.45) is -1.60. The number of nitrogens with zero attached hydrogens (tertiary/aromatic N) is 4. The molecule has 0 aliphatic carbocycles. The molecule has 0 saturated carbocycles. The summed E-state index contributed by atoms with van der Waals surface area (Å²) in [6.45, 7) is -0.325. The molecule has 34 heavy (non-hydrogen) atoms. The van der Waals surface area contributed by atoms with E-state index in [1.54, 1.807) is 0 Å². The van der Waals surface area contributed by atoms with Crippen LogP contribution in [0.1, 0.15) is 17.4 Å². The van der Waals surface area contributed by atoms with E-state index in [0.717, 1.165) is 11.1 Å². The zero-order chi connectivity index (χ0) is 23.7. The number of hydrogen-bond donors (Lipinski definition) is 5. The minimum atomic E-state index is -1.34. The second kappa shape index (κ2) is 9.09. The van der Waals surface area contributed by atoms with Crippen LogP contribution in [0.2, 0.25) is 0 Å². The molecule has 2 aromatic heterocycles. The van der Waals surface area contributed by atoms with Gasteiger partial charge in [0, 0.05) is 0 Å². The van der Waals surface area contributed by atoms with Gasteiger partial charge in [-0.05, 0) is 11.1 Å². The number of imidazole rings is 1. The quantitative estimate of drug-likeness (QED) is 0.268.